The Bertz CT molecular complexity index is 835. The number of carboxylic acids is 1. The highest BCUT2D eigenvalue weighted by Crippen LogP contribution is 2.24. The third-order valence-electron chi connectivity index (χ3n) is 3.17. The topological polar surface area (TPSA) is 66.0 Å². The van der Waals surface area contributed by atoms with E-state index in [1.807, 2.05) is 12.1 Å². The number of nitrogens with zero attached hydrogens (tertiary/aromatic N) is 1. The molecule has 0 atom stereocenters. The Morgan fingerprint density at radius 1 is 1.24 bits per heavy atom. The number of aliphatic carboxylic acids is 1. The maximum absolute atomic E-state index is 11.5. The molecule has 0 fully saturated rings. The first-order valence-electron chi connectivity index (χ1n) is 6.28. The molecule has 3 rings (SSSR count). The van der Waals surface area contributed by atoms with Crippen LogP contribution in [-0.2, 0) is 4.79 Å². The van der Waals surface area contributed by atoms with Crippen LogP contribution in [0.2, 0.25) is 5.02 Å². The maximum Gasteiger partial charge on any atom is 0.336 e. The van der Waals surface area contributed by atoms with Crippen LogP contribution in [0.15, 0.2) is 48.8 Å². The second-order valence-electron chi connectivity index (χ2n) is 4.51. The Labute approximate surface area is 125 Å². The van der Waals surface area contributed by atoms with Crippen molar-refractivity contribution in [1.82, 2.24) is 9.97 Å². The molecule has 1 aromatic carbocycles. The first kappa shape index (κ1) is 13.4. The van der Waals surface area contributed by atoms with Crippen LogP contribution in [0, 0.1) is 0 Å². The van der Waals surface area contributed by atoms with Crippen LogP contribution in [0.5, 0.6) is 0 Å². The number of benzene rings is 1. The summed E-state index contributed by atoms with van der Waals surface area (Å²) in [5.74, 6) is -0.990. The first-order chi connectivity index (χ1) is 10.1. The maximum atomic E-state index is 11.5. The molecule has 104 valence electrons. The number of rotatable bonds is 3. The van der Waals surface area contributed by atoms with Crippen molar-refractivity contribution < 1.29 is 9.90 Å². The SMILES string of the molecule is O=C(O)C(=Cc1c[nH]c2ncccc12)c1ccc(Cl)cc1. The average Bonchev–Trinajstić information content (AvgIpc) is 2.89. The monoisotopic (exact) mass is 298 g/mol. The lowest BCUT2D eigenvalue weighted by atomic mass is 10.0. The molecule has 0 bridgehead atoms. The minimum atomic E-state index is -0.990. The molecule has 0 spiro atoms. The number of hydrogen-bond acceptors (Lipinski definition) is 2. The van der Waals surface area contributed by atoms with E-state index in [2.05, 4.69) is 9.97 Å². The van der Waals surface area contributed by atoms with Gasteiger partial charge in [-0.3, -0.25) is 0 Å². The molecule has 0 saturated carbocycles. The Hall–Kier alpha value is -2.59. The molecule has 2 aromatic heterocycles. The number of nitrogens with one attached hydrogen (secondary N) is 1. The lowest BCUT2D eigenvalue weighted by molar-refractivity contribution is -0.130. The summed E-state index contributed by atoms with van der Waals surface area (Å²) in [7, 11) is 0. The first-order valence-corrected chi connectivity index (χ1v) is 6.66. The fourth-order valence-corrected chi connectivity index (χ4v) is 2.28. The van der Waals surface area contributed by atoms with E-state index in [-0.39, 0.29) is 5.57 Å². The number of carbonyl (C=O) groups is 1. The number of aromatic amines is 1. The van der Waals surface area contributed by atoms with Gasteiger partial charge >= 0.3 is 5.97 Å². The van der Waals surface area contributed by atoms with Gasteiger partial charge in [0, 0.05) is 28.4 Å². The van der Waals surface area contributed by atoms with Gasteiger partial charge in [0.05, 0.1) is 5.57 Å². The standard InChI is InChI=1S/C16H11ClN2O2/c17-12-5-3-10(4-6-12)14(16(20)21)8-11-9-19-15-13(11)2-1-7-18-15/h1-9H,(H,18,19)(H,20,21). The van der Waals surface area contributed by atoms with E-state index >= 15 is 0 Å². The third kappa shape index (κ3) is 2.66. The minimum absolute atomic E-state index is 0.205. The van der Waals surface area contributed by atoms with Crippen molar-refractivity contribution in [3.05, 3.63) is 64.9 Å². The van der Waals surface area contributed by atoms with E-state index in [4.69, 9.17) is 11.6 Å². The van der Waals surface area contributed by atoms with Crippen LogP contribution in [-0.4, -0.2) is 21.0 Å². The van der Waals surface area contributed by atoms with Gasteiger partial charge in [0.25, 0.3) is 0 Å². The molecule has 0 aliphatic heterocycles. The van der Waals surface area contributed by atoms with Crippen molar-refractivity contribution in [3.8, 4) is 0 Å². The van der Waals surface area contributed by atoms with Crippen molar-refractivity contribution in [3.63, 3.8) is 0 Å². The second-order valence-corrected chi connectivity index (χ2v) is 4.95. The smallest absolute Gasteiger partial charge is 0.336 e. The van der Waals surface area contributed by atoms with Crippen LogP contribution in [0.3, 0.4) is 0 Å². The summed E-state index contributed by atoms with van der Waals surface area (Å²) in [4.78, 5) is 18.7. The molecule has 0 aliphatic carbocycles. The summed E-state index contributed by atoms with van der Waals surface area (Å²) < 4.78 is 0. The molecule has 0 aliphatic rings. The van der Waals surface area contributed by atoms with Crippen LogP contribution in [0.1, 0.15) is 11.1 Å². The minimum Gasteiger partial charge on any atom is -0.478 e. The molecule has 0 unspecified atom stereocenters. The largest absolute Gasteiger partial charge is 0.478 e. The summed E-state index contributed by atoms with van der Waals surface area (Å²) in [5.41, 5.74) is 2.32. The second kappa shape index (κ2) is 5.42. The molecule has 2 N–H and O–H groups in total. The van der Waals surface area contributed by atoms with Crippen LogP contribution < -0.4 is 0 Å². The molecule has 0 amide bonds. The Morgan fingerprint density at radius 2 is 2.00 bits per heavy atom. The van der Waals surface area contributed by atoms with E-state index in [1.165, 1.54) is 0 Å². The molecule has 2 heterocycles. The molecule has 4 nitrogen and oxygen atoms in total. The van der Waals surface area contributed by atoms with Crippen molar-refractivity contribution in [1.29, 1.82) is 0 Å². The molecular formula is C16H11ClN2O2. The molecule has 5 heteroatoms. The number of hydrogen-bond donors (Lipinski definition) is 2. The van der Waals surface area contributed by atoms with E-state index in [0.717, 1.165) is 16.6 Å². The van der Waals surface area contributed by atoms with Gasteiger partial charge in [-0.25, -0.2) is 9.78 Å². The highest BCUT2D eigenvalue weighted by Gasteiger charge is 2.12. The van der Waals surface area contributed by atoms with Gasteiger partial charge in [-0.2, -0.15) is 0 Å². The van der Waals surface area contributed by atoms with Crippen molar-refractivity contribution in [2.24, 2.45) is 0 Å². The highest BCUT2D eigenvalue weighted by atomic mass is 35.5. The zero-order valence-electron chi connectivity index (χ0n) is 10.9. The van der Waals surface area contributed by atoms with Crippen LogP contribution in [0.4, 0.5) is 0 Å². The van der Waals surface area contributed by atoms with Crippen LogP contribution in [0.25, 0.3) is 22.7 Å². The average molecular weight is 299 g/mol. The number of aromatic nitrogens is 2. The zero-order valence-corrected chi connectivity index (χ0v) is 11.6. The van der Waals surface area contributed by atoms with Gasteiger partial charge in [0.1, 0.15) is 5.65 Å². The fourth-order valence-electron chi connectivity index (χ4n) is 2.15. The lowest BCUT2D eigenvalue weighted by Crippen LogP contribution is -1.99. The molecule has 3 aromatic rings. The number of halogens is 1. The molecule has 0 radical (unpaired) electrons. The summed E-state index contributed by atoms with van der Waals surface area (Å²) >= 11 is 5.84. The lowest BCUT2D eigenvalue weighted by Gasteiger charge is -2.03. The number of pyridine rings is 1. The quantitative estimate of drug-likeness (QED) is 0.722. The highest BCUT2D eigenvalue weighted by molar-refractivity contribution is 6.30. The van der Waals surface area contributed by atoms with Gasteiger partial charge in [-0.1, -0.05) is 23.7 Å². The molecule has 0 saturated heterocycles. The molecule has 21 heavy (non-hydrogen) atoms. The summed E-state index contributed by atoms with van der Waals surface area (Å²) in [5, 5.41) is 10.9. The van der Waals surface area contributed by atoms with Gasteiger partial charge in [-0.15, -0.1) is 0 Å². The van der Waals surface area contributed by atoms with E-state index in [0.29, 0.717) is 10.6 Å². The van der Waals surface area contributed by atoms with Gasteiger partial charge in [0.15, 0.2) is 0 Å². The normalized spacial score (nSPS) is 11.8. The van der Waals surface area contributed by atoms with Gasteiger partial charge < -0.3 is 10.1 Å². The van der Waals surface area contributed by atoms with E-state index in [9.17, 15) is 9.90 Å². The number of H-pyrrole nitrogens is 1. The fraction of sp³-hybridized carbons (Fsp3) is 0. The van der Waals surface area contributed by atoms with Gasteiger partial charge in [-0.05, 0) is 35.9 Å². The summed E-state index contributed by atoms with van der Waals surface area (Å²) in [6.07, 6.45) is 5.06. The van der Waals surface area contributed by atoms with E-state index in [1.54, 1.807) is 42.7 Å². The summed E-state index contributed by atoms with van der Waals surface area (Å²) in [6, 6.07) is 10.4. The van der Waals surface area contributed by atoms with Gasteiger partial charge in [0.2, 0.25) is 0 Å². The zero-order chi connectivity index (χ0) is 14.8. The Kier molecular flexibility index (Phi) is 3.46. The molecular weight excluding hydrogens is 288 g/mol. The van der Waals surface area contributed by atoms with Crippen molar-refractivity contribution in [2.75, 3.05) is 0 Å². The summed E-state index contributed by atoms with van der Waals surface area (Å²) in [6.45, 7) is 0. The number of fused-ring (bicyclic) bond motifs is 1. The van der Waals surface area contributed by atoms with E-state index < -0.39 is 5.97 Å². The van der Waals surface area contributed by atoms with Crippen LogP contribution >= 0.6 is 11.6 Å². The van der Waals surface area contributed by atoms with Crippen molar-refractivity contribution in [2.45, 2.75) is 0 Å². The third-order valence-corrected chi connectivity index (χ3v) is 3.42. The predicted octanol–water partition coefficient (Wildman–Crippen LogP) is 3.84. The van der Waals surface area contributed by atoms with Crippen molar-refractivity contribution >= 4 is 40.3 Å². The Morgan fingerprint density at radius 3 is 2.71 bits per heavy atom. The number of carboxylic acid groups (broad SMARTS) is 1. The Balaban J connectivity index is 2.13. The predicted molar refractivity (Wildman–Crippen MR) is 83.1 cm³/mol.